The molecule has 2 unspecified atom stereocenters. The maximum atomic E-state index is 5.57. The summed E-state index contributed by atoms with van der Waals surface area (Å²) in [5.41, 5.74) is 3.74. The fourth-order valence-electron chi connectivity index (χ4n) is 6.05. The molecular weight excluding hydrogens is 282 g/mol. The summed E-state index contributed by atoms with van der Waals surface area (Å²) < 4.78 is 5.57. The molecule has 0 aromatic heterocycles. The molecule has 124 valence electrons. The van der Waals surface area contributed by atoms with Gasteiger partial charge < -0.3 is 4.74 Å². The first kappa shape index (κ1) is 14.3. The number of hydrogen-bond acceptors (Lipinski definition) is 2. The lowest BCUT2D eigenvalue weighted by atomic mass is 9.52. The number of nitrogens with zero attached hydrogens (tertiary/aromatic N) is 1. The smallest absolute Gasteiger partial charge is 0.119 e. The first-order valence-corrected chi connectivity index (χ1v) is 9.71. The predicted molar refractivity (Wildman–Crippen MR) is 93.0 cm³/mol. The average Bonchev–Trinajstić information content (AvgIpc) is 3.41. The zero-order valence-corrected chi connectivity index (χ0v) is 14.4. The van der Waals surface area contributed by atoms with Gasteiger partial charge in [-0.05, 0) is 80.2 Å². The molecular formula is C21H29NO. The quantitative estimate of drug-likeness (QED) is 0.831. The van der Waals surface area contributed by atoms with Crippen molar-refractivity contribution >= 4 is 0 Å². The highest BCUT2D eigenvalue weighted by Gasteiger charge is 2.54. The summed E-state index contributed by atoms with van der Waals surface area (Å²) in [6, 6.07) is 7.75. The van der Waals surface area contributed by atoms with E-state index in [9.17, 15) is 0 Å². The number of fused-ring (bicyclic) bond motifs is 1. The fraction of sp³-hybridized carbons (Fsp3) is 0.714. The highest BCUT2D eigenvalue weighted by atomic mass is 16.5. The van der Waals surface area contributed by atoms with Crippen LogP contribution >= 0.6 is 0 Å². The van der Waals surface area contributed by atoms with Gasteiger partial charge in [0.15, 0.2) is 0 Å². The molecule has 2 nitrogen and oxygen atoms in total. The summed E-state index contributed by atoms with van der Waals surface area (Å²) in [5.74, 6) is 2.97. The van der Waals surface area contributed by atoms with Crippen LogP contribution in [0, 0.1) is 11.8 Å². The minimum absolute atomic E-state index is 0.463. The fourth-order valence-corrected chi connectivity index (χ4v) is 6.05. The second-order valence-electron chi connectivity index (χ2n) is 8.49. The monoisotopic (exact) mass is 311 g/mol. The Morgan fingerprint density at radius 2 is 2.09 bits per heavy atom. The van der Waals surface area contributed by atoms with Crippen molar-refractivity contribution in [3.05, 3.63) is 29.3 Å². The van der Waals surface area contributed by atoms with E-state index >= 15 is 0 Å². The molecule has 2 saturated carbocycles. The average molecular weight is 311 g/mol. The first-order chi connectivity index (χ1) is 11.3. The molecule has 23 heavy (non-hydrogen) atoms. The Balaban J connectivity index is 1.57. The molecule has 3 fully saturated rings. The maximum Gasteiger partial charge on any atom is 0.119 e. The molecule has 1 saturated heterocycles. The van der Waals surface area contributed by atoms with Crippen molar-refractivity contribution in [1.29, 1.82) is 0 Å². The van der Waals surface area contributed by atoms with Crippen molar-refractivity contribution in [1.82, 2.24) is 4.90 Å². The van der Waals surface area contributed by atoms with Crippen molar-refractivity contribution < 1.29 is 4.74 Å². The third-order valence-corrected chi connectivity index (χ3v) is 7.35. The largest absolute Gasteiger partial charge is 0.497 e. The topological polar surface area (TPSA) is 12.5 Å². The summed E-state index contributed by atoms with van der Waals surface area (Å²) in [4.78, 5) is 2.89. The van der Waals surface area contributed by atoms with Crippen LogP contribution in [0.2, 0.25) is 0 Å². The molecule has 2 heteroatoms. The van der Waals surface area contributed by atoms with Gasteiger partial charge in [-0.15, -0.1) is 0 Å². The zero-order valence-electron chi connectivity index (χ0n) is 14.4. The molecule has 0 spiro atoms. The van der Waals surface area contributed by atoms with E-state index in [0.717, 1.165) is 23.6 Å². The van der Waals surface area contributed by atoms with Crippen LogP contribution in [-0.2, 0) is 11.8 Å². The molecule has 0 N–H and O–H groups in total. The lowest BCUT2D eigenvalue weighted by Gasteiger charge is -2.59. The van der Waals surface area contributed by atoms with Gasteiger partial charge in [0.2, 0.25) is 0 Å². The number of ether oxygens (including phenoxy) is 1. The number of likely N-dealkylation sites (tertiary alicyclic amines) is 1. The normalized spacial score (nSPS) is 36.2. The Morgan fingerprint density at radius 1 is 1.17 bits per heavy atom. The molecule has 2 bridgehead atoms. The second-order valence-corrected chi connectivity index (χ2v) is 8.49. The Labute approximate surface area is 140 Å². The summed E-state index contributed by atoms with van der Waals surface area (Å²) in [6.45, 7) is 2.71. The van der Waals surface area contributed by atoms with Gasteiger partial charge in [0.05, 0.1) is 7.11 Å². The summed E-state index contributed by atoms with van der Waals surface area (Å²) >= 11 is 0. The third kappa shape index (κ3) is 2.17. The van der Waals surface area contributed by atoms with Crippen LogP contribution in [0.1, 0.15) is 56.1 Å². The van der Waals surface area contributed by atoms with Crippen LogP contribution in [0.4, 0.5) is 0 Å². The van der Waals surface area contributed by atoms with Gasteiger partial charge in [-0.1, -0.05) is 18.9 Å². The Hall–Kier alpha value is -1.02. The minimum Gasteiger partial charge on any atom is -0.497 e. The van der Waals surface area contributed by atoms with E-state index in [4.69, 9.17) is 4.74 Å². The van der Waals surface area contributed by atoms with Crippen molar-refractivity contribution in [3.8, 4) is 5.75 Å². The van der Waals surface area contributed by atoms with Crippen LogP contribution in [0.15, 0.2) is 18.2 Å². The van der Waals surface area contributed by atoms with E-state index in [1.165, 1.54) is 64.5 Å². The van der Waals surface area contributed by atoms with E-state index in [-0.39, 0.29) is 0 Å². The Morgan fingerprint density at radius 3 is 2.91 bits per heavy atom. The number of hydrogen-bond donors (Lipinski definition) is 0. The predicted octanol–water partition coefficient (Wildman–Crippen LogP) is 4.16. The van der Waals surface area contributed by atoms with Gasteiger partial charge >= 0.3 is 0 Å². The van der Waals surface area contributed by atoms with E-state index < -0.39 is 0 Å². The van der Waals surface area contributed by atoms with Gasteiger partial charge in [0, 0.05) is 18.0 Å². The SMILES string of the molecule is COc1ccc2c(c1)[C@@]13CCCCC1C(C2)N(CC1CC1)CC3. The zero-order chi connectivity index (χ0) is 15.4. The van der Waals surface area contributed by atoms with Gasteiger partial charge in [-0.3, -0.25) is 4.90 Å². The van der Waals surface area contributed by atoms with E-state index in [2.05, 4.69) is 23.1 Å². The van der Waals surface area contributed by atoms with Crippen molar-refractivity contribution in [2.75, 3.05) is 20.2 Å². The van der Waals surface area contributed by atoms with E-state index in [0.29, 0.717) is 5.41 Å². The van der Waals surface area contributed by atoms with Gasteiger partial charge in [-0.2, -0.15) is 0 Å². The third-order valence-electron chi connectivity index (χ3n) is 7.35. The number of rotatable bonds is 3. The summed E-state index contributed by atoms with van der Waals surface area (Å²) in [5, 5.41) is 0. The first-order valence-electron chi connectivity index (χ1n) is 9.71. The lowest BCUT2D eigenvalue weighted by molar-refractivity contribution is -0.0134. The highest BCUT2D eigenvalue weighted by Crippen LogP contribution is 2.56. The van der Waals surface area contributed by atoms with Crippen molar-refractivity contribution in [2.24, 2.45) is 11.8 Å². The lowest BCUT2D eigenvalue weighted by Crippen LogP contribution is -2.61. The van der Waals surface area contributed by atoms with E-state index in [1.54, 1.807) is 11.1 Å². The van der Waals surface area contributed by atoms with Gasteiger partial charge in [-0.25, -0.2) is 0 Å². The molecule has 1 aromatic carbocycles. The molecule has 1 aromatic rings. The number of methoxy groups -OCH3 is 1. The van der Waals surface area contributed by atoms with E-state index in [1.807, 2.05) is 7.11 Å². The standard InChI is InChI=1S/C21H29NO/c1-23-17-8-7-16-12-20-18-4-2-3-9-21(18,19(16)13-17)10-11-22(20)14-15-5-6-15/h7-8,13,15,18,20H,2-6,9-12,14H2,1H3/t18?,20?,21-/m1/s1. The molecule has 0 radical (unpaired) electrons. The van der Waals surface area contributed by atoms with Gasteiger partial charge in [0.1, 0.15) is 5.75 Å². The van der Waals surface area contributed by atoms with Gasteiger partial charge in [0.25, 0.3) is 0 Å². The van der Waals surface area contributed by atoms with Crippen molar-refractivity contribution in [3.63, 3.8) is 0 Å². The summed E-state index contributed by atoms with van der Waals surface area (Å²) in [6.07, 6.45) is 11.3. The Bertz CT molecular complexity index is 608. The number of benzene rings is 1. The molecule has 4 aliphatic rings. The molecule has 3 atom stereocenters. The Kier molecular flexibility index (Phi) is 3.27. The number of piperidine rings is 1. The summed E-state index contributed by atoms with van der Waals surface area (Å²) in [7, 11) is 1.81. The van der Waals surface area contributed by atoms with Crippen LogP contribution in [0.5, 0.6) is 5.75 Å². The molecule has 1 heterocycles. The molecule has 1 aliphatic heterocycles. The van der Waals surface area contributed by atoms with Crippen molar-refractivity contribution in [2.45, 2.75) is 62.8 Å². The van der Waals surface area contributed by atoms with Crippen LogP contribution < -0.4 is 4.74 Å². The molecule has 3 aliphatic carbocycles. The van der Waals surface area contributed by atoms with Crippen LogP contribution in [0.25, 0.3) is 0 Å². The molecule has 5 rings (SSSR count). The van der Waals surface area contributed by atoms with Crippen LogP contribution in [0.3, 0.4) is 0 Å². The highest BCUT2D eigenvalue weighted by molar-refractivity contribution is 5.45. The van der Waals surface area contributed by atoms with Crippen LogP contribution in [-0.4, -0.2) is 31.1 Å². The maximum absolute atomic E-state index is 5.57. The minimum atomic E-state index is 0.463. The molecule has 0 amide bonds. The second kappa shape index (κ2) is 5.24.